The van der Waals surface area contributed by atoms with Crippen molar-refractivity contribution < 1.29 is 4.79 Å². The van der Waals surface area contributed by atoms with Crippen molar-refractivity contribution in [3.63, 3.8) is 0 Å². The summed E-state index contributed by atoms with van der Waals surface area (Å²) >= 11 is 5.84. The van der Waals surface area contributed by atoms with Gasteiger partial charge in [0.05, 0.1) is 11.0 Å². The van der Waals surface area contributed by atoms with E-state index in [9.17, 15) is 4.79 Å². The van der Waals surface area contributed by atoms with Gasteiger partial charge in [0.1, 0.15) is 5.82 Å². The number of benzene rings is 1. The Morgan fingerprint density at radius 3 is 2.95 bits per heavy atom. The molecule has 102 valence electrons. The molecule has 1 aromatic heterocycles. The number of fused-ring (bicyclic) bond motifs is 1. The van der Waals surface area contributed by atoms with Gasteiger partial charge in [-0.1, -0.05) is 12.1 Å². The van der Waals surface area contributed by atoms with Crippen LogP contribution < -0.4 is 5.32 Å². The third kappa shape index (κ3) is 3.07. The molecule has 0 aliphatic carbocycles. The van der Waals surface area contributed by atoms with E-state index in [4.69, 9.17) is 11.6 Å². The minimum Gasteiger partial charge on any atom is -0.355 e. The molecule has 2 rings (SSSR count). The Morgan fingerprint density at radius 1 is 1.47 bits per heavy atom. The van der Waals surface area contributed by atoms with Gasteiger partial charge in [-0.25, -0.2) is 4.98 Å². The number of hydrogen-bond acceptors (Lipinski definition) is 2. The van der Waals surface area contributed by atoms with E-state index in [0.717, 1.165) is 28.8 Å². The number of halogens is 1. The van der Waals surface area contributed by atoms with Crippen LogP contribution in [0.1, 0.15) is 18.3 Å². The molecule has 1 N–H and O–H groups in total. The van der Waals surface area contributed by atoms with Crippen molar-refractivity contribution in [2.45, 2.75) is 26.8 Å². The lowest BCUT2D eigenvalue weighted by molar-refractivity contribution is -0.118. The van der Waals surface area contributed by atoms with Gasteiger partial charge in [0.25, 0.3) is 0 Å². The fourth-order valence-electron chi connectivity index (χ4n) is 2.20. The van der Waals surface area contributed by atoms with Crippen molar-refractivity contribution in [3.05, 3.63) is 29.6 Å². The second kappa shape index (κ2) is 6.06. The molecule has 0 unspecified atom stereocenters. The Balaban J connectivity index is 2.35. The van der Waals surface area contributed by atoms with Crippen LogP contribution in [0.15, 0.2) is 18.2 Å². The van der Waals surface area contributed by atoms with E-state index in [0.29, 0.717) is 19.0 Å². The average molecular weight is 280 g/mol. The summed E-state index contributed by atoms with van der Waals surface area (Å²) < 4.78 is 2.14. The van der Waals surface area contributed by atoms with Gasteiger partial charge < -0.3 is 9.88 Å². The van der Waals surface area contributed by atoms with Gasteiger partial charge in [0.15, 0.2) is 0 Å². The van der Waals surface area contributed by atoms with Crippen molar-refractivity contribution in [2.24, 2.45) is 0 Å². The van der Waals surface area contributed by atoms with E-state index < -0.39 is 0 Å². The molecule has 2 aromatic rings. The molecule has 0 spiro atoms. The Labute approximate surface area is 117 Å². The Bertz CT molecular complexity index is 592. The number of hydrogen-bond donors (Lipinski definition) is 1. The SMILES string of the molecule is CC(=O)NCCn1c(CCCl)nc2c(C)cccc21. The Hall–Kier alpha value is -1.55. The first-order valence-electron chi connectivity index (χ1n) is 6.38. The molecule has 1 aromatic carbocycles. The fraction of sp³-hybridized carbons (Fsp3) is 0.429. The smallest absolute Gasteiger partial charge is 0.216 e. The van der Waals surface area contributed by atoms with E-state index in [1.807, 2.05) is 6.07 Å². The van der Waals surface area contributed by atoms with Gasteiger partial charge >= 0.3 is 0 Å². The molecule has 0 saturated heterocycles. The summed E-state index contributed by atoms with van der Waals surface area (Å²) in [5, 5.41) is 2.81. The summed E-state index contributed by atoms with van der Waals surface area (Å²) in [4.78, 5) is 15.6. The molecule has 1 amide bonds. The van der Waals surface area contributed by atoms with Crippen molar-refractivity contribution in [1.29, 1.82) is 0 Å². The molecule has 19 heavy (non-hydrogen) atoms. The molecule has 0 atom stereocenters. The highest BCUT2D eigenvalue weighted by Crippen LogP contribution is 2.20. The lowest BCUT2D eigenvalue weighted by atomic mass is 10.2. The highest BCUT2D eigenvalue weighted by Gasteiger charge is 2.11. The van der Waals surface area contributed by atoms with Gasteiger partial charge in [0, 0.05) is 32.3 Å². The number of nitrogens with one attached hydrogen (secondary N) is 1. The lowest BCUT2D eigenvalue weighted by Crippen LogP contribution is -2.25. The summed E-state index contributed by atoms with van der Waals surface area (Å²) in [5.41, 5.74) is 3.28. The standard InChI is InChI=1S/C14H18ClN3O/c1-10-4-3-5-12-14(10)17-13(6-7-15)18(12)9-8-16-11(2)19/h3-5H,6-9H2,1-2H3,(H,16,19). The van der Waals surface area contributed by atoms with Crippen LogP contribution in [0.3, 0.4) is 0 Å². The number of amides is 1. The zero-order valence-electron chi connectivity index (χ0n) is 11.2. The lowest BCUT2D eigenvalue weighted by Gasteiger charge is -2.09. The molecule has 0 radical (unpaired) electrons. The number of imidazole rings is 1. The van der Waals surface area contributed by atoms with Crippen LogP contribution in [-0.2, 0) is 17.8 Å². The van der Waals surface area contributed by atoms with E-state index >= 15 is 0 Å². The number of aryl methyl sites for hydroxylation is 2. The number of carbonyl (C=O) groups is 1. The molecular formula is C14H18ClN3O. The molecule has 1 heterocycles. The number of alkyl halides is 1. The van der Waals surface area contributed by atoms with Crippen LogP contribution in [0.4, 0.5) is 0 Å². The van der Waals surface area contributed by atoms with Gasteiger partial charge in [-0.05, 0) is 18.6 Å². The molecule has 4 nitrogen and oxygen atoms in total. The van der Waals surface area contributed by atoms with Crippen molar-refractivity contribution in [3.8, 4) is 0 Å². The maximum atomic E-state index is 10.9. The summed E-state index contributed by atoms with van der Waals surface area (Å²) in [6.45, 7) is 4.89. The predicted octanol–water partition coefficient (Wildman–Crippen LogP) is 2.26. The summed E-state index contributed by atoms with van der Waals surface area (Å²) in [6, 6.07) is 6.14. The van der Waals surface area contributed by atoms with Gasteiger partial charge in [-0.3, -0.25) is 4.79 Å². The van der Waals surface area contributed by atoms with Crippen molar-refractivity contribution in [2.75, 3.05) is 12.4 Å². The third-order valence-corrected chi connectivity index (χ3v) is 3.28. The zero-order valence-corrected chi connectivity index (χ0v) is 12.0. The Kier molecular flexibility index (Phi) is 4.43. The van der Waals surface area contributed by atoms with Crippen LogP contribution in [0, 0.1) is 6.92 Å². The van der Waals surface area contributed by atoms with E-state index in [-0.39, 0.29) is 5.91 Å². The number of rotatable bonds is 5. The van der Waals surface area contributed by atoms with E-state index in [1.54, 1.807) is 0 Å². The second-order valence-corrected chi connectivity index (χ2v) is 4.92. The summed E-state index contributed by atoms with van der Waals surface area (Å²) in [6.07, 6.45) is 0.732. The minimum atomic E-state index is -0.0144. The second-order valence-electron chi connectivity index (χ2n) is 4.54. The van der Waals surface area contributed by atoms with Gasteiger partial charge in [-0.2, -0.15) is 0 Å². The van der Waals surface area contributed by atoms with Crippen LogP contribution in [-0.4, -0.2) is 27.9 Å². The molecule has 0 bridgehead atoms. The first-order chi connectivity index (χ1) is 9.13. The highest BCUT2D eigenvalue weighted by atomic mass is 35.5. The molecule has 5 heteroatoms. The molecule has 0 aliphatic heterocycles. The number of para-hydroxylation sites is 1. The zero-order chi connectivity index (χ0) is 13.8. The molecule has 0 saturated carbocycles. The van der Waals surface area contributed by atoms with E-state index in [1.165, 1.54) is 6.92 Å². The summed E-state index contributed by atoms with van der Waals surface area (Å²) in [5.74, 6) is 1.51. The van der Waals surface area contributed by atoms with Gasteiger partial charge in [0.2, 0.25) is 5.91 Å². The first kappa shape index (κ1) is 13.9. The topological polar surface area (TPSA) is 46.9 Å². The van der Waals surface area contributed by atoms with Crippen LogP contribution in [0.5, 0.6) is 0 Å². The van der Waals surface area contributed by atoms with Crippen LogP contribution >= 0.6 is 11.6 Å². The highest BCUT2D eigenvalue weighted by molar-refractivity contribution is 6.17. The predicted molar refractivity (Wildman–Crippen MR) is 77.6 cm³/mol. The summed E-state index contributed by atoms with van der Waals surface area (Å²) in [7, 11) is 0. The third-order valence-electron chi connectivity index (χ3n) is 3.09. The van der Waals surface area contributed by atoms with Crippen LogP contribution in [0.25, 0.3) is 11.0 Å². The fourth-order valence-corrected chi connectivity index (χ4v) is 2.37. The van der Waals surface area contributed by atoms with Crippen LogP contribution in [0.2, 0.25) is 0 Å². The normalized spacial score (nSPS) is 10.9. The molecular weight excluding hydrogens is 262 g/mol. The largest absolute Gasteiger partial charge is 0.355 e. The van der Waals surface area contributed by atoms with Gasteiger partial charge in [-0.15, -0.1) is 11.6 Å². The van der Waals surface area contributed by atoms with E-state index in [2.05, 4.69) is 33.9 Å². The van der Waals surface area contributed by atoms with Crippen molar-refractivity contribution in [1.82, 2.24) is 14.9 Å². The van der Waals surface area contributed by atoms with Crippen molar-refractivity contribution >= 4 is 28.5 Å². The monoisotopic (exact) mass is 279 g/mol. The minimum absolute atomic E-state index is 0.0144. The Morgan fingerprint density at radius 2 is 2.26 bits per heavy atom. The average Bonchev–Trinajstić information content (AvgIpc) is 2.70. The number of carbonyl (C=O) groups excluding carboxylic acids is 1. The maximum absolute atomic E-state index is 10.9. The molecule has 0 aliphatic rings. The quantitative estimate of drug-likeness (QED) is 0.854. The molecule has 0 fully saturated rings. The number of aromatic nitrogens is 2. The first-order valence-corrected chi connectivity index (χ1v) is 6.92. The number of nitrogens with zero attached hydrogens (tertiary/aromatic N) is 2. The maximum Gasteiger partial charge on any atom is 0.216 e.